The highest BCUT2D eigenvalue weighted by atomic mass is 35.5. The summed E-state index contributed by atoms with van der Waals surface area (Å²) in [6.45, 7) is -0.293. The molecule has 8 nitrogen and oxygen atoms in total. The zero-order valence-electron chi connectivity index (χ0n) is 17.4. The zero-order chi connectivity index (χ0) is 23.4. The molecule has 2 amide bonds. The van der Waals surface area contributed by atoms with Crippen molar-refractivity contribution in [1.29, 1.82) is 0 Å². The highest BCUT2D eigenvalue weighted by Crippen LogP contribution is 2.38. The number of ether oxygens (including phenoxy) is 1. The second-order valence-corrected chi connectivity index (χ2v) is 9.01. The van der Waals surface area contributed by atoms with Gasteiger partial charge in [0.1, 0.15) is 10.8 Å². The van der Waals surface area contributed by atoms with Crippen LogP contribution in [0.1, 0.15) is 33.6 Å². The van der Waals surface area contributed by atoms with Crippen LogP contribution in [-0.2, 0) is 17.6 Å². The molecule has 0 unspecified atom stereocenters. The first-order valence-electron chi connectivity index (χ1n) is 10.3. The summed E-state index contributed by atoms with van der Waals surface area (Å²) < 4.78 is 5.44. The second-order valence-electron chi connectivity index (χ2n) is 7.46. The molecule has 1 heterocycles. The molecule has 0 aliphatic heterocycles. The van der Waals surface area contributed by atoms with Gasteiger partial charge >= 0.3 is 0 Å². The van der Waals surface area contributed by atoms with Crippen LogP contribution in [-0.4, -0.2) is 23.3 Å². The number of non-ortho nitro benzene ring substituents is 1. The van der Waals surface area contributed by atoms with E-state index in [1.165, 1.54) is 35.6 Å². The molecule has 1 aliphatic rings. The molecular weight excluding hydrogens is 466 g/mol. The van der Waals surface area contributed by atoms with E-state index in [2.05, 4.69) is 10.6 Å². The van der Waals surface area contributed by atoms with Crippen molar-refractivity contribution >= 4 is 51.1 Å². The van der Waals surface area contributed by atoms with Crippen molar-refractivity contribution in [3.8, 4) is 5.75 Å². The number of nitro benzene ring substituents is 1. The first kappa shape index (κ1) is 22.8. The monoisotopic (exact) mass is 485 g/mol. The Morgan fingerprint density at radius 1 is 1.03 bits per heavy atom. The van der Waals surface area contributed by atoms with Gasteiger partial charge in [0.05, 0.1) is 10.5 Å². The Kier molecular flexibility index (Phi) is 6.90. The van der Waals surface area contributed by atoms with E-state index in [1.54, 1.807) is 24.3 Å². The Labute approximate surface area is 198 Å². The maximum absolute atomic E-state index is 13.1. The predicted octanol–water partition coefficient (Wildman–Crippen LogP) is 5.46. The molecule has 0 saturated carbocycles. The minimum Gasteiger partial charge on any atom is -0.484 e. The molecule has 1 aromatic heterocycles. The van der Waals surface area contributed by atoms with Crippen molar-refractivity contribution in [2.24, 2.45) is 0 Å². The summed E-state index contributed by atoms with van der Waals surface area (Å²) >= 11 is 7.33. The van der Waals surface area contributed by atoms with Gasteiger partial charge in [-0.25, -0.2) is 0 Å². The van der Waals surface area contributed by atoms with E-state index in [9.17, 15) is 19.7 Å². The summed E-state index contributed by atoms with van der Waals surface area (Å²) in [6, 6.07) is 12.3. The number of amides is 2. The smallest absolute Gasteiger partial charge is 0.269 e. The number of rotatable bonds is 7. The van der Waals surface area contributed by atoms with E-state index in [-0.39, 0.29) is 18.2 Å². The van der Waals surface area contributed by atoms with Crippen LogP contribution < -0.4 is 15.4 Å². The third kappa shape index (κ3) is 5.50. The number of halogens is 1. The minimum absolute atomic E-state index is 0.0627. The number of nitro groups is 1. The van der Waals surface area contributed by atoms with E-state index in [0.29, 0.717) is 27.0 Å². The highest BCUT2D eigenvalue weighted by Gasteiger charge is 2.26. The number of nitrogens with one attached hydrogen (secondary N) is 2. The van der Waals surface area contributed by atoms with Crippen molar-refractivity contribution in [3.63, 3.8) is 0 Å². The Balaban J connectivity index is 1.47. The quantitative estimate of drug-likeness (QED) is 0.341. The number of anilines is 2. The van der Waals surface area contributed by atoms with E-state index in [0.717, 1.165) is 36.1 Å². The Hall–Kier alpha value is -3.43. The number of carbonyl (C=O) groups is 2. The summed E-state index contributed by atoms with van der Waals surface area (Å²) in [6.07, 6.45) is 3.69. The molecular formula is C23H20ClN3O5S. The van der Waals surface area contributed by atoms with E-state index in [1.807, 2.05) is 0 Å². The molecule has 170 valence electrons. The summed E-state index contributed by atoms with van der Waals surface area (Å²) in [5.41, 5.74) is 2.00. The first-order valence-corrected chi connectivity index (χ1v) is 11.5. The van der Waals surface area contributed by atoms with Gasteiger partial charge in [0, 0.05) is 27.7 Å². The van der Waals surface area contributed by atoms with Crippen molar-refractivity contribution in [2.75, 3.05) is 17.2 Å². The van der Waals surface area contributed by atoms with Gasteiger partial charge in [0.25, 0.3) is 17.5 Å². The second kappa shape index (κ2) is 10.0. The fraction of sp³-hybridized carbons (Fsp3) is 0.217. The highest BCUT2D eigenvalue weighted by molar-refractivity contribution is 7.17. The Morgan fingerprint density at radius 2 is 1.73 bits per heavy atom. The van der Waals surface area contributed by atoms with Gasteiger partial charge in [-0.1, -0.05) is 11.6 Å². The lowest BCUT2D eigenvalue weighted by Crippen LogP contribution is -2.22. The number of hydrogen-bond donors (Lipinski definition) is 2. The number of carbonyl (C=O) groups excluding carboxylic acids is 2. The fourth-order valence-electron chi connectivity index (χ4n) is 3.60. The number of fused-ring (bicyclic) bond motifs is 1. The maximum Gasteiger partial charge on any atom is 0.269 e. The molecule has 2 aromatic carbocycles. The molecule has 0 saturated heterocycles. The lowest BCUT2D eigenvalue weighted by molar-refractivity contribution is -0.384. The van der Waals surface area contributed by atoms with Crippen LogP contribution in [0.2, 0.25) is 5.02 Å². The standard InChI is InChI=1S/C23H20ClN3O5S/c24-14-5-7-15(8-6-14)25-22(29)21-18-3-1-2-4-19(18)33-23(21)26-20(28)13-32-17-11-9-16(10-12-17)27(30)31/h5-12H,1-4,13H2,(H,25,29)(H,26,28). The topological polar surface area (TPSA) is 111 Å². The van der Waals surface area contributed by atoms with Gasteiger partial charge in [-0.15, -0.1) is 11.3 Å². The zero-order valence-corrected chi connectivity index (χ0v) is 19.0. The van der Waals surface area contributed by atoms with Crippen molar-refractivity contribution in [3.05, 3.63) is 79.7 Å². The van der Waals surface area contributed by atoms with Gasteiger partial charge in [0.2, 0.25) is 0 Å². The van der Waals surface area contributed by atoms with Gasteiger partial charge in [0.15, 0.2) is 6.61 Å². The van der Waals surface area contributed by atoms with Crippen LogP contribution in [0.3, 0.4) is 0 Å². The van der Waals surface area contributed by atoms with Crippen molar-refractivity contribution in [2.45, 2.75) is 25.7 Å². The third-order valence-corrected chi connectivity index (χ3v) is 6.63. The van der Waals surface area contributed by atoms with Crippen molar-refractivity contribution in [1.82, 2.24) is 0 Å². The lowest BCUT2D eigenvalue weighted by Gasteiger charge is -2.13. The van der Waals surface area contributed by atoms with E-state index in [4.69, 9.17) is 16.3 Å². The molecule has 2 N–H and O–H groups in total. The molecule has 0 fully saturated rings. The minimum atomic E-state index is -0.508. The van der Waals surface area contributed by atoms with Crippen LogP contribution >= 0.6 is 22.9 Å². The molecule has 10 heteroatoms. The van der Waals surface area contributed by atoms with E-state index < -0.39 is 10.8 Å². The largest absolute Gasteiger partial charge is 0.484 e. The number of nitrogens with zero attached hydrogens (tertiary/aromatic N) is 1. The summed E-state index contributed by atoms with van der Waals surface area (Å²) in [7, 11) is 0. The average molecular weight is 486 g/mol. The molecule has 33 heavy (non-hydrogen) atoms. The third-order valence-electron chi connectivity index (χ3n) is 5.17. The van der Waals surface area contributed by atoms with Crippen LogP contribution in [0, 0.1) is 10.1 Å². The molecule has 1 aliphatic carbocycles. The van der Waals surface area contributed by atoms with E-state index >= 15 is 0 Å². The fourth-order valence-corrected chi connectivity index (χ4v) is 5.03. The number of thiophene rings is 1. The number of benzene rings is 2. The summed E-state index contributed by atoms with van der Waals surface area (Å²) in [5.74, 6) is -0.377. The van der Waals surface area contributed by atoms with Gasteiger partial charge in [-0.05, 0) is 67.6 Å². The summed E-state index contributed by atoms with van der Waals surface area (Å²) in [5, 5.41) is 17.5. The Morgan fingerprint density at radius 3 is 2.42 bits per heavy atom. The van der Waals surface area contributed by atoms with Crippen LogP contribution in [0.15, 0.2) is 48.5 Å². The first-order chi connectivity index (χ1) is 15.9. The average Bonchev–Trinajstić information content (AvgIpc) is 3.17. The number of hydrogen-bond acceptors (Lipinski definition) is 6. The molecule has 4 rings (SSSR count). The van der Waals surface area contributed by atoms with Gasteiger partial charge in [-0.3, -0.25) is 19.7 Å². The number of aryl methyl sites for hydroxylation is 1. The normalized spacial score (nSPS) is 12.5. The van der Waals surface area contributed by atoms with Crippen LogP contribution in [0.25, 0.3) is 0 Å². The predicted molar refractivity (Wildman–Crippen MR) is 128 cm³/mol. The van der Waals surface area contributed by atoms with Gasteiger partial charge < -0.3 is 15.4 Å². The summed E-state index contributed by atoms with van der Waals surface area (Å²) in [4.78, 5) is 37.0. The molecule has 0 atom stereocenters. The van der Waals surface area contributed by atoms with Crippen molar-refractivity contribution < 1.29 is 19.2 Å². The lowest BCUT2D eigenvalue weighted by atomic mass is 9.95. The van der Waals surface area contributed by atoms with Crippen LogP contribution in [0.5, 0.6) is 5.75 Å². The molecule has 0 radical (unpaired) electrons. The van der Waals surface area contributed by atoms with Gasteiger partial charge in [-0.2, -0.15) is 0 Å². The Bertz CT molecular complexity index is 1190. The maximum atomic E-state index is 13.1. The SMILES string of the molecule is O=C(COc1ccc([N+](=O)[O-])cc1)Nc1sc2c(c1C(=O)Nc1ccc(Cl)cc1)CCCC2. The molecule has 0 bridgehead atoms. The molecule has 0 spiro atoms. The van der Waals surface area contributed by atoms with Crippen LogP contribution in [0.4, 0.5) is 16.4 Å². The molecule has 3 aromatic rings.